The zero-order valence-electron chi connectivity index (χ0n) is 19.1. The number of rotatable bonds is 6. The van der Waals surface area contributed by atoms with Crippen LogP contribution in [0.4, 0.5) is 5.69 Å². The Labute approximate surface area is 198 Å². The molecule has 3 aliphatic rings. The predicted octanol–water partition coefficient (Wildman–Crippen LogP) is 1.33. The number of amides is 2. The molecule has 9 heteroatoms. The van der Waals surface area contributed by atoms with Crippen molar-refractivity contribution in [2.24, 2.45) is 0 Å². The molecular formula is C25H29N3O6. The van der Waals surface area contributed by atoms with Crippen molar-refractivity contribution in [2.75, 3.05) is 45.3 Å². The summed E-state index contributed by atoms with van der Waals surface area (Å²) in [6, 6.07) is 11.5. The SMILES string of the molecule is COc1cc2c(cc1C(=O)NC[C@H](O)CN1CCc3ccccc3C1)NC(=O)[C@]1(CCOC1)O2. The van der Waals surface area contributed by atoms with Gasteiger partial charge in [0.2, 0.25) is 5.60 Å². The van der Waals surface area contributed by atoms with Crippen LogP contribution in [0, 0.1) is 0 Å². The number of carbonyl (C=O) groups excluding carboxylic acids is 2. The quantitative estimate of drug-likeness (QED) is 0.588. The van der Waals surface area contributed by atoms with E-state index in [9.17, 15) is 14.7 Å². The maximum atomic E-state index is 12.9. The minimum Gasteiger partial charge on any atom is -0.496 e. The second-order valence-corrected chi connectivity index (χ2v) is 9.02. The van der Waals surface area contributed by atoms with Crippen LogP contribution in [-0.4, -0.2) is 73.5 Å². The van der Waals surface area contributed by atoms with Crippen molar-refractivity contribution < 1.29 is 28.9 Å². The normalized spacial score (nSPS) is 22.4. The van der Waals surface area contributed by atoms with Gasteiger partial charge < -0.3 is 30.0 Å². The van der Waals surface area contributed by atoms with E-state index in [0.29, 0.717) is 36.8 Å². The number of aliphatic hydroxyl groups excluding tert-OH is 1. The first-order valence-corrected chi connectivity index (χ1v) is 11.5. The number of nitrogens with zero attached hydrogens (tertiary/aromatic N) is 1. The molecule has 0 aliphatic carbocycles. The molecule has 180 valence electrons. The van der Waals surface area contributed by atoms with Crippen LogP contribution < -0.4 is 20.1 Å². The second-order valence-electron chi connectivity index (χ2n) is 9.02. The van der Waals surface area contributed by atoms with E-state index < -0.39 is 17.6 Å². The number of nitrogens with one attached hydrogen (secondary N) is 2. The summed E-state index contributed by atoms with van der Waals surface area (Å²) in [6.45, 7) is 2.85. The number of β-amino-alcohol motifs (C(OH)–C–C–N with tert-alkyl or cyclic N) is 1. The molecule has 0 aromatic heterocycles. The highest BCUT2D eigenvalue weighted by molar-refractivity contribution is 6.04. The molecule has 3 heterocycles. The summed E-state index contributed by atoms with van der Waals surface area (Å²) in [4.78, 5) is 27.7. The van der Waals surface area contributed by atoms with Gasteiger partial charge in [-0.2, -0.15) is 0 Å². The lowest BCUT2D eigenvalue weighted by Crippen LogP contribution is -2.51. The third-order valence-corrected chi connectivity index (χ3v) is 6.68. The molecule has 2 amide bonds. The molecule has 3 aliphatic heterocycles. The van der Waals surface area contributed by atoms with Crippen LogP contribution in [0.15, 0.2) is 36.4 Å². The number of aliphatic hydroxyl groups is 1. The number of methoxy groups -OCH3 is 1. The van der Waals surface area contributed by atoms with E-state index in [4.69, 9.17) is 14.2 Å². The average Bonchev–Trinajstić information content (AvgIpc) is 3.32. The molecule has 2 atom stereocenters. The maximum absolute atomic E-state index is 12.9. The molecule has 1 saturated heterocycles. The lowest BCUT2D eigenvalue weighted by atomic mass is 9.99. The molecule has 5 rings (SSSR count). The van der Waals surface area contributed by atoms with Crippen LogP contribution in [-0.2, 0) is 22.5 Å². The lowest BCUT2D eigenvalue weighted by Gasteiger charge is -2.33. The van der Waals surface area contributed by atoms with Gasteiger partial charge in [-0.05, 0) is 23.6 Å². The maximum Gasteiger partial charge on any atom is 0.271 e. The predicted molar refractivity (Wildman–Crippen MR) is 124 cm³/mol. The Kier molecular flexibility index (Phi) is 6.16. The van der Waals surface area contributed by atoms with E-state index in [1.54, 1.807) is 6.07 Å². The highest BCUT2D eigenvalue weighted by Crippen LogP contribution is 2.41. The molecule has 2 aromatic rings. The van der Waals surface area contributed by atoms with Crippen LogP contribution >= 0.6 is 0 Å². The Hall–Kier alpha value is -3.14. The van der Waals surface area contributed by atoms with E-state index in [1.165, 1.54) is 24.3 Å². The summed E-state index contributed by atoms with van der Waals surface area (Å²) in [7, 11) is 1.47. The molecule has 0 radical (unpaired) electrons. The highest BCUT2D eigenvalue weighted by Gasteiger charge is 2.48. The van der Waals surface area contributed by atoms with Crippen molar-refractivity contribution in [1.29, 1.82) is 0 Å². The fourth-order valence-electron chi connectivity index (χ4n) is 4.77. The minimum atomic E-state index is -1.04. The molecule has 0 bridgehead atoms. The molecule has 1 fully saturated rings. The average molecular weight is 468 g/mol. The van der Waals surface area contributed by atoms with E-state index in [0.717, 1.165) is 19.5 Å². The van der Waals surface area contributed by atoms with Gasteiger partial charge in [-0.25, -0.2) is 0 Å². The van der Waals surface area contributed by atoms with Crippen LogP contribution in [0.3, 0.4) is 0 Å². The van der Waals surface area contributed by atoms with Crippen molar-refractivity contribution in [1.82, 2.24) is 10.2 Å². The Morgan fingerprint density at radius 3 is 2.91 bits per heavy atom. The van der Waals surface area contributed by atoms with Gasteiger partial charge in [-0.15, -0.1) is 0 Å². The van der Waals surface area contributed by atoms with Crippen LogP contribution in [0.5, 0.6) is 11.5 Å². The largest absolute Gasteiger partial charge is 0.496 e. The fourth-order valence-corrected chi connectivity index (χ4v) is 4.77. The molecule has 34 heavy (non-hydrogen) atoms. The Morgan fingerprint density at radius 2 is 2.15 bits per heavy atom. The Bertz CT molecular complexity index is 1100. The van der Waals surface area contributed by atoms with Crippen molar-refractivity contribution in [2.45, 2.75) is 31.1 Å². The first-order valence-electron chi connectivity index (χ1n) is 11.5. The first kappa shape index (κ1) is 22.6. The van der Waals surface area contributed by atoms with E-state index in [2.05, 4.69) is 27.7 Å². The fraction of sp³-hybridized carbons (Fsp3) is 0.440. The van der Waals surface area contributed by atoms with Crippen molar-refractivity contribution in [3.63, 3.8) is 0 Å². The summed E-state index contributed by atoms with van der Waals surface area (Å²) in [5, 5.41) is 16.2. The van der Waals surface area contributed by atoms with E-state index in [1.807, 2.05) is 12.1 Å². The molecule has 3 N–H and O–H groups in total. The zero-order chi connectivity index (χ0) is 23.7. The Morgan fingerprint density at radius 1 is 1.32 bits per heavy atom. The van der Waals surface area contributed by atoms with E-state index in [-0.39, 0.29) is 24.6 Å². The topological polar surface area (TPSA) is 109 Å². The third kappa shape index (κ3) is 4.34. The van der Waals surface area contributed by atoms with Gasteiger partial charge in [0.15, 0.2) is 0 Å². The number of anilines is 1. The molecular weight excluding hydrogens is 438 g/mol. The Balaban J connectivity index is 1.22. The standard InChI is InChI=1S/C25H29N3O6/c1-32-21-11-22-20(27-24(31)25(34-22)7-9-33-15-25)10-19(21)23(30)26-12-18(29)14-28-8-6-16-4-2-3-5-17(16)13-28/h2-5,10-11,18,29H,6-9,12-15H2,1H3,(H,26,30)(H,27,31)/t18-,25+/m0/s1. The first-order chi connectivity index (χ1) is 16.5. The number of benzene rings is 2. The van der Waals surface area contributed by atoms with Gasteiger partial charge in [0.1, 0.15) is 11.5 Å². The van der Waals surface area contributed by atoms with Gasteiger partial charge in [0.05, 0.1) is 37.7 Å². The highest BCUT2D eigenvalue weighted by atomic mass is 16.6. The smallest absolute Gasteiger partial charge is 0.271 e. The van der Waals surface area contributed by atoms with Crippen LogP contribution in [0.1, 0.15) is 27.9 Å². The van der Waals surface area contributed by atoms with Crippen LogP contribution in [0.2, 0.25) is 0 Å². The van der Waals surface area contributed by atoms with E-state index >= 15 is 0 Å². The molecule has 0 saturated carbocycles. The monoisotopic (exact) mass is 467 g/mol. The van der Waals surface area contributed by atoms with Crippen molar-refractivity contribution in [3.8, 4) is 11.5 Å². The molecule has 2 aromatic carbocycles. The minimum absolute atomic E-state index is 0.0977. The van der Waals surface area contributed by atoms with Gasteiger partial charge in [0.25, 0.3) is 11.8 Å². The molecule has 9 nitrogen and oxygen atoms in total. The lowest BCUT2D eigenvalue weighted by molar-refractivity contribution is -0.132. The molecule has 1 spiro atoms. The number of carbonyl (C=O) groups is 2. The molecule has 0 unspecified atom stereocenters. The number of hydrogen-bond acceptors (Lipinski definition) is 7. The summed E-state index contributed by atoms with van der Waals surface area (Å²) >= 11 is 0. The number of hydrogen-bond donors (Lipinski definition) is 3. The number of fused-ring (bicyclic) bond motifs is 2. The van der Waals surface area contributed by atoms with Crippen molar-refractivity contribution >= 4 is 17.5 Å². The van der Waals surface area contributed by atoms with Crippen LogP contribution in [0.25, 0.3) is 0 Å². The summed E-state index contributed by atoms with van der Waals surface area (Å²) in [5.74, 6) is 0.0708. The summed E-state index contributed by atoms with van der Waals surface area (Å²) < 4.78 is 16.8. The van der Waals surface area contributed by atoms with Gasteiger partial charge in [-0.3, -0.25) is 14.5 Å². The van der Waals surface area contributed by atoms with Gasteiger partial charge >= 0.3 is 0 Å². The van der Waals surface area contributed by atoms with Crippen molar-refractivity contribution in [3.05, 3.63) is 53.1 Å². The number of ether oxygens (including phenoxy) is 3. The second kappa shape index (κ2) is 9.25. The van der Waals surface area contributed by atoms with Gasteiger partial charge in [-0.1, -0.05) is 24.3 Å². The van der Waals surface area contributed by atoms with Gasteiger partial charge in [0, 0.05) is 38.7 Å². The summed E-state index contributed by atoms with van der Waals surface area (Å²) in [6.07, 6.45) is 0.689. The third-order valence-electron chi connectivity index (χ3n) is 6.68. The summed E-state index contributed by atoms with van der Waals surface area (Å²) in [5.41, 5.74) is 2.24. The zero-order valence-corrected chi connectivity index (χ0v) is 19.1.